The van der Waals surface area contributed by atoms with E-state index >= 15 is 0 Å². The Kier molecular flexibility index (Phi) is 4.76. The molecule has 19 heavy (non-hydrogen) atoms. The van der Waals surface area contributed by atoms with Crippen molar-refractivity contribution in [2.24, 2.45) is 0 Å². The van der Waals surface area contributed by atoms with Crippen molar-refractivity contribution in [2.75, 3.05) is 5.32 Å². The highest BCUT2D eigenvalue weighted by molar-refractivity contribution is 14.1. The lowest BCUT2D eigenvalue weighted by Gasteiger charge is -2.08. The zero-order valence-corrected chi connectivity index (χ0v) is 13.5. The minimum Gasteiger partial charge on any atom is -0.375 e. The number of rotatable bonds is 4. The smallest absolute Gasteiger partial charge is 0.293 e. The first-order valence-corrected chi connectivity index (χ1v) is 7.35. The molecule has 0 unspecified atom stereocenters. The summed E-state index contributed by atoms with van der Waals surface area (Å²) in [5.74, 6) is 0. The SMILES string of the molecule is O=[N+]([O-])c1cc(I)ccc1NCc1cccc(Br)c1. The quantitative estimate of drug-likeness (QED) is 0.437. The maximum atomic E-state index is 11.0. The Bertz CT molecular complexity index is 619. The summed E-state index contributed by atoms with van der Waals surface area (Å²) in [5, 5.41) is 14.1. The molecule has 0 saturated carbocycles. The number of hydrogen-bond donors (Lipinski definition) is 1. The third-order valence-electron chi connectivity index (χ3n) is 2.53. The maximum Gasteiger partial charge on any atom is 0.293 e. The van der Waals surface area contributed by atoms with Gasteiger partial charge in [-0.1, -0.05) is 28.1 Å². The summed E-state index contributed by atoms with van der Waals surface area (Å²) >= 11 is 5.46. The van der Waals surface area contributed by atoms with Crippen LogP contribution in [0, 0.1) is 13.7 Å². The van der Waals surface area contributed by atoms with Crippen molar-refractivity contribution in [3.05, 3.63) is 66.2 Å². The van der Waals surface area contributed by atoms with E-state index in [-0.39, 0.29) is 10.6 Å². The lowest BCUT2D eigenvalue weighted by molar-refractivity contribution is -0.384. The predicted molar refractivity (Wildman–Crippen MR) is 87.3 cm³/mol. The average molecular weight is 433 g/mol. The predicted octanol–water partition coefficient (Wildman–Crippen LogP) is 4.57. The van der Waals surface area contributed by atoms with Crippen LogP contribution < -0.4 is 5.32 Å². The molecule has 98 valence electrons. The molecule has 0 saturated heterocycles. The van der Waals surface area contributed by atoms with E-state index < -0.39 is 0 Å². The van der Waals surface area contributed by atoms with Gasteiger partial charge < -0.3 is 5.32 Å². The third kappa shape index (κ3) is 3.90. The van der Waals surface area contributed by atoms with E-state index in [4.69, 9.17) is 0 Å². The van der Waals surface area contributed by atoms with E-state index in [9.17, 15) is 10.1 Å². The molecule has 0 radical (unpaired) electrons. The van der Waals surface area contributed by atoms with Crippen molar-refractivity contribution < 1.29 is 4.92 Å². The minimum absolute atomic E-state index is 0.0990. The van der Waals surface area contributed by atoms with E-state index in [2.05, 4.69) is 43.8 Å². The topological polar surface area (TPSA) is 55.2 Å². The van der Waals surface area contributed by atoms with Crippen LogP contribution in [0.25, 0.3) is 0 Å². The van der Waals surface area contributed by atoms with Crippen LogP contribution in [0.4, 0.5) is 11.4 Å². The molecule has 0 atom stereocenters. The van der Waals surface area contributed by atoms with E-state index in [1.165, 1.54) is 0 Å². The number of nitro groups is 1. The molecular formula is C13H10BrIN2O2. The van der Waals surface area contributed by atoms with Crippen LogP contribution >= 0.6 is 38.5 Å². The normalized spacial score (nSPS) is 10.2. The van der Waals surface area contributed by atoms with E-state index in [1.807, 2.05) is 30.3 Å². The van der Waals surface area contributed by atoms with Crippen LogP contribution in [0.2, 0.25) is 0 Å². The fraction of sp³-hybridized carbons (Fsp3) is 0.0769. The molecule has 0 fully saturated rings. The largest absolute Gasteiger partial charge is 0.375 e. The molecular weight excluding hydrogens is 423 g/mol. The lowest BCUT2D eigenvalue weighted by atomic mass is 10.2. The van der Waals surface area contributed by atoms with Crippen molar-refractivity contribution in [3.8, 4) is 0 Å². The zero-order valence-electron chi connectivity index (χ0n) is 9.77. The number of halogens is 2. The fourth-order valence-corrected chi connectivity index (χ4v) is 2.57. The Morgan fingerprint density at radius 3 is 2.74 bits per heavy atom. The molecule has 2 rings (SSSR count). The summed E-state index contributed by atoms with van der Waals surface area (Å²) < 4.78 is 1.83. The number of hydrogen-bond acceptors (Lipinski definition) is 3. The van der Waals surface area contributed by atoms with Gasteiger partial charge in [0.15, 0.2) is 0 Å². The second-order valence-corrected chi connectivity index (χ2v) is 6.06. The Labute approximate surface area is 132 Å². The Balaban J connectivity index is 2.17. The summed E-state index contributed by atoms with van der Waals surface area (Å²) in [6.45, 7) is 0.543. The first-order chi connectivity index (χ1) is 9.06. The second kappa shape index (κ2) is 6.33. The average Bonchev–Trinajstić information content (AvgIpc) is 2.37. The molecule has 0 aliphatic carbocycles. The van der Waals surface area contributed by atoms with Crippen LogP contribution in [0.5, 0.6) is 0 Å². The molecule has 0 aromatic heterocycles. The van der Waals surface area contributed by atoms with Gasteiger partial charge >= 0.3 is 0 Å². The van der Waals surface area contributed by atoms with Gasteiger partial charge in [0.2, 0.25) is 0 Å². The van der Waals surface area contributed by atoms with E-state index in [0.29, 0.717) is 12.2 Å². The molecule has 0 heterocycles. The Hall–Kier alpha value is -1.15. The molecule has 2 aromatic carbocycles. The maximum absolute atomic E-state index is 11.0. The van der Waals surface area contributed by atoms with Crippen LogP contribution in [-0.4, -0.2) is 4.92 Å². The molecule has 6 heteroatoms. The number of nitro benzene ring substituents is 1. The van der Waals surface area contributed by atoms with Gasteiger partial charge in [-0.25, -0.2) is 0 Å². The summed E-state index contributed by atoms with van der Waals surface area (Å²) in [7, 11) is 0. The first-order valence-electron chi connectivity index (χ1n) is 5.48. The van der Waals surface area contributed by atoms with Crippen LogP contribution in [0.3, 0.4) is 0 Å². The van der Waals surface area contributed by atoms with Gasteiger partial charge in [0.05, 0.1) is 4.92 Å². The summed E-state index contributed by atoms with van der Waals surface area (Å²) in [6.07, 6.45) is 0. The molecule has 0 aliphatic heterocycles. The fourth-order valence-electron chi connectivity index (χ4n) is 1.65. The van der Waals surface area contributed by atoms with Crippen LogP contribution in [-0.2, 0) is 6.54 Å². The molecule has 4 nitrogen and oxygen atoms in total. The standard InChI is InChI=1S/C13H10BrIN2O2/c14-10-3-1-2-9(6-10)8-16-12-5-4-11(15)7-13(12)17(18)19/h1-7,16H,8H2. The second-order valence-electron chi connectivity index (χ2n) is 3.90. The van der Waals surface area contributed by atoms with Gasteiger partial charge in [0.25, 0.3) is 5.69 Å². The van der Waals surface area contributed by atoms with Crippen molar-refractivity contribution >= 4 is 49.9 Å². The third-order valence-corrected chi connectivity index (χ3v) is 3.69. The molecule has 1 N–H and O–H groups in total. The van der Waals surface area contributed by atoms with Crippen molar-refractivity contribution in [2.45, 2.75) is 6.54 Å². The highest BCUT2D eigenvalue weighted by Crippen LogP contribution is 2.26. The van der Waals surface area contributed by atoms with Crippen molar-refractivity contribution in [1.29, 1.82) is 0 Å². The summed E-state index contributed by atoms with van der Waals surface area (Å²) in [4.78, 5) is 10.6. The van der Waals surface area contributed by atoms with E-state index in [1.54, 1.807) is 12.1 Å². The van der Waals surface area contributed by atoms with Crippen LogP contribution in [0.1, 0.15) is 5.56 Å². The molecule has 0 bridgehead atoms. The van der Waals surface area contributed by atoms with Gasteiger partial charge in [-0.05, 0) is 52.4 Å². The Morgan fingerprint density at radius 1 is 1.26 bits per heavy atom. The number of anilines is 1. The first kappa shape index (κ1) is 14.3. The van der Waals surface area contributed by atoms with Gasteiger partial charge in [-0.3, -0.25) is 10.1 Å². The molecule has 0 spiro atoms. The van der Waals surface area contributed by atoms with Gasteiger partial charge in [0, 0.05) is 20.7 Å². The zero-order chi connectivity index (χ0) is 13.8. The lowest BCUT2D eigenvalue weighted by Crippen LogP contribution is -2.02. The monoisotopic (exact) mass is 432 g/mol. The van der Waals surface area contributed by atoms with Gasteiger partial charge in [-0.15, -0.1) is 0 Å². The molecule has 2 aromatic rings. The summed E-state index contributed by atoms with van der Waals surface area (Å²) in [6, 6.07) is 13.0. The van der Waals surface area contributed by atoms with Gasteiger partial charge in [-0.2, -0.15) is 0 Å². The highest BCUT2D eigenvalue weighted by atomic mass is 127. The molecule has 0 amide bonds. The Morgan fingerprint density at radius 2 is 2.05 bits per heavy atom. The summed E-state index contributed by atoms with van der Waals surface area (Å²) in [5.41, 5.74) is 1.69. The number of nitrogens with one attached hydrogen (secondary N) is 1. The van der Waals surface area contributed by atoms with Crippen LogP contribution in [0.15, 0.2) is 46.9 Å². The van der Waals surface area contributed by atoms with Gasteiger partial charge in [0.1, 0.15) is 5.69 Å². The molecule has 0 aliphatic rings. The van der Waals surface area contributed by atoms with Crippen molar-refractivity contribution in [3.63, 3.8) is 0 Å². The van der Waals surface area contributed by atoms with Crippen molar-refractivity contribution in [1.82, 2.24) is 0 Å². The highest BCUT2D eigenvalue weighted by Gasteiger charge is 2.13. The number of benzene rings is 2. The minimum atomic E-state index is -0.370. The number of nitrogens with zero attached hydrogens (tertiary/aromatic N) is 1. The van der Waals surface area contributed by atoms with E-state index in [0.717, 1.165) is 13.6 Å².